The van der Waals surface area contributed by atoms with Gasteiger partial charge in [0.1, 0.15) is 16.6 Å². The zero-order valence-corrected chi connectivity index (χ0v) is 20.3. The monoisotopic (exact) mass is 519 g/mol. The molecule has 4 rings (SSSR count). The highest BCUT2D eigenvalue weighted by Gasteiger charge is 2.30. The fourth-order valence-electron chi connectivity index (χ4n) is 4.07. The summed E-state index contributed by atoms with van der Waals surface area (Å²) in [5.41, 5.74) is 1.62. The maximum absolute atomic E-state index is 13.4. The smallest absolute Gasteiger partial charge is 0.313 e. The van der Waals surface area contributed by atoms with Gasteiger partial charge in [-0.2, -0.15) is 8.42 Å². The van der Waals surface area contributed by atoms with Gasteiger partial charge in [0.05, 0.1) is 18.4 Å². The average Bonchev–Trinajstić information content (AvgIpc) is 2.85. The normalized spacial score (nSPS) is 14.6. The van der Waals surface area contributed by atoms with Crippen LogP contribution in [0, 0.1) is 5.82 Å². The Bertz CT molecular complexity index is 1330. The molecule has 0 atom stereocenters. The maximum Gasteiger partial charge on any atom is 0.313 e. The molecular weight excluding hydrogens is 497 g/mol. The van der Waals surface area contributed by atoms with Crippen LogP contribution in [0.1, 0.15) is 34.7 Å². The van der Waals surface area contributed by atoms with Crippen molar-refractivity contribution in [3.05, 3.63) is 76.7 Å². The first-order valence-corrected chi connectivity index (χ1v) is 12.6. The zero-order chi connectivity index (χ0) is 25.2. The van der Waals surface area contributed by atoms with E-state index >= 15 is 0 Å². The molecule has 8 nitrogen and oxygen atoms in total. The quantitative estimate of drug-likeness (QED) is 0.446. The molecule has 0 spiro atoms. The molecule has 2 heterocycles. The molecule has 0 radical (unpaired) electrons. The Kier molecular flexibility index (Phi) is 7.25. The summed E-state index contributed by atoms with van der Waals surface area (Å²) >= 11 is 6.32. The first kappa shape index (κ1) is 24.9. The van der Waals surface area contributed by atoms with Gasteiger partial charge in [0.25, 0.3) is 5.91 Å². The summed E-state index contributed by atoms with van der Waals surface area (Å²) in [5, 5.41) is 1.84. The summed E-state index contributed by atoms with van der Waals surface area (Å²) in [4.78, 5) is 18.8. The van der Waals surface area contributed by atoms with E-state index in [1.54, 1.807) is 41.3 Å². The van der Waals surface area contributed by atoms with Gasteiger partial charge in [-0.25, -0.2) is 9.37 Å². The predicted octanol–water partition coefficient (Wildman–Crippen LogP) is 4.89. The largest absolute Gasteiger partial charge is 0.497 e. The molecule has 1 aromatic heterocycles. The minimum absolute atomic E-state index is 0.0186. The standard InChI is InChI=1S/C24H23ClFN3O5S/c1-34-19-8-6-18(7-9-19)28-22-20(14-27-23(21(22)25)35(31,32)33)24(30)29-12-10-16(11-13-29)15-2-4-17(26)5-3-15/h2-9,14,16H,10-13H2,1H3,(H,27,28)(H,31,32,33). The highest BCUT2D eigenvalue weighted by Crippen LogP contribution is 2.36. The van der Waals surface area contributed by atoms with Crippen LogP contribution in [0.3, 0.4) is 0 Å². The molecule has 0 aliphatic carbocycles. The number of methoxy groups -OCH3 is 1. The number of nitrogens with zero attached hydrogens (tertiary/aromatic N) is 2. The first-order valence-electron chi connectivity index (χ1n) is 10.8. The van der Waals surface area contributed by atoms with E-state index in [9.17, 15) is 22.2 Å². The van der Waals surface area contributed by atoms with Gasteiger partial charge in [-0.15, -0.1) is 0 Å². The van der Waals surface area contributed by atoms with Crippen LogP contribution in [0.25, 0.3) is 0 Å². The van der Waals surface area contributed by atoms with Crippen LogP contribution in [0.2, 0.25) is 5.02 Å². The van der Waals surface area contributed by atoms with Crippen LogP contribution in [-0.4, -0.2) is 49.0 Å². The Morgan fingerprint density at radius 3 is 2.34 bits per heavy atom. The predicted molar refractivity (Wildman–Crippen MR) is 130 cm³/mol. The SMILES string of the molecule is COc1ccc(Nc2c(C(=O)N3CCC(c4ccc(F)cc4)CC3)cnc(S(=O)(=O)O)c2Cl)cc1. The van der Waals surface area contributed by atoms with Gasteiger partial charge in [0.15, 0.2) is 0 Å². The highest BCUT2D eigenvalue weighted by molar-refractivity contribution is 7.85. The van der Waals surface area contributed by atoms with Crippen molar-refractivity contribution in [1.29, 1.82) is 0 Å². The molecule has 1 amide bonds. The second-order valence-corrected chi connectivity index (χ2v) is 9.83. The van der Waals surface area contributed by atoms with E-state index in [-0.39, 0.29) is 28.9 Å². The Morgan fingerprint density at radius 1 is 1.14 bits per heavy atom. The number of rotatable bonds is 6. The number of hydrogen-bond acceptors (Lipinski definition) is 6. The molecule has 184 valence electrons. The van der Waals surface area contributed by atoms with Gasteiger partial charge in [-0.05, 0) is 60.7 Å². The number of benzene rings is 2. The van der Waals surface area contributed by atoms with Gasteiger partial charge in [-0.3, -0.25) is 9.35 Å². The minimum atomic E-state index is -4.72. The summed E-state index contributed by atoms with van der Waals surface area (Å²) < 4.78 is 51.4. The van der Waals surface area contributed by atoms with E-state index < -0.39 is 20.2 Å². The third-order valence-corrected chi connectivity index (χ3v) is 7.22. The highest BCUT2D eigenvalue weighted by atomic mass is 35.5. The third-order valence-electron chi connectivity index (χ3n) is 5.95. The molecule has 2 N–H and O–H groups in total. The molecule has 11 heteroatoms. The van der Waals surface area contributed by atoms with Gasteiger partial charge < -0.3 is 15.0 Å². The Morgan fingerprint density at radius 2 is 1.77 bits per heavy atom. The second-order valence-electron chi connectivity index (χ2n) is 8.11. The number of piperidine rings is 1. The lowest BCUT2D eigenvalue weighted by Gasteiger charge is -2.32. The van der Waals surface area contributed by atoms with Crippen LogP contribution < -0.4 is 10.1 Å². The Labute approximate surface area is 207 Å². The van der Waals surface area contributed by atoms with Crippen LogP contribution >= 0.6 is 11.6 Å². The van der Waals surface area contributed by atoms with Crippen molar-refractivity contribution in [3.63, 3.8) is 0 Å². The number of carbonyl (C=O) groups is 1. The minimum Gasteiger partial charge on any atom is -0.497 e. The molecule has 3 aromatic rings. The number of likely N-dealkylation sites (tertiary alicyclic amines) is 1. The molecule has 1 fully saturated rings. The number of aromatic nitrogens is 1. The van der Waals surface area contributed by atoms with Gasteiger partial charge >= 0.3 is 10.1 Å². The lowest BCUT2D eigenvalue weighted by Crippen LogP contribution is -2.38. The summed E-state index contributed by atoms with van der Waals surface area (Å²) in [5.74, 6) is 0.126. The molecule has 1 saturated heterocycles. The first-order chi connectivity index (χ1) is 16.7. The van der Waals surface area contributed by atoms with Gasteiger partial charge in [0, 0.05) is 25.0 Å². The van der Waals surface area contributed by atoms with Gasteiger partial charge in [-0.1, -0.05) is 23.7 Å². The number of nitrogens with one attached hydrogen (secondary N) is 1. The molecule has 1 aliphatic heterocycles. The molecule has 0 saturated carbocycles. The zero-order valence-electron chi connectivity index (χ0n) is 18.7. The molecule has 0 unspecified atom stereocenters. The lowest BCUT2D eigenvalue weighted by atomic mass is 9.89. The van der Waals surface area contributed by atoms with Crippen molar-refractivity contribution in [1.82, 2.24) is 9.88 Å². The summed E-state index contributed by atoms with van der Waals surface area (Å²) in [6.07, 6.45) is 2.46. The average molecular weight is 520 g/mol. The number of pyridine rings is 1. The third kappa shape index (κ3) is 5.55. The van der Waals surface area contributed by atoms with Crippen molar-refractivity contribution in [3.8, 4) is 5.75 Å². The maximum atomic E-state index is 13.4. The number of ether oxygens (including phenoxy) is 1. The van der Waals surface area contributed by atoms with Crippen LogP contribution in [0.4, 0.5) is 15.8 Å². The van der Waals surface area contributed by atoms with E-state index in [4.69, 9.17) is 16.3 Å². The van der Waals surface area contributed by atoms with E-state index in [0.29, 0.717) is 37.4 Å². The number of anilines is 2. The molecule has 0 bridgehead atoms. The summed E-state index contributed by atoms with van der Waals surface area (Å²) in [7, 11) is -3.20. The number of carbonyl (C=O) groups excluding carboxylic acids is 1. The molecular formula is C24H23ClFN3O5S. The molecule has 2 aromatic carbocycles. The molecule has 35 heavy (non-hydrogen) atoms. The van der Waals surface area contributed by atoms with Crippen molar-refractivity contribution in [2.75, 3.05) is 25.5 Å². The molecule has 1 aliphatic rings. The van der Waals surface area contributed by atoms with Crippen LogP contribution in [0.5, 0.6) is 5.75 Å². The van der Waals surface area contributed by atoms with E-state index in [1.165, 1.54) is 19.2 Å². The van der Waals surface area contributed by atoms with Crippen molar-refractivity contribution >= 4 is 39.0 Å². The summed E-state index contributed by atoms with van der Waals surface area (Å²) in [6, 6.07) is 13.1. The number of halogens is 2. The van der Waals surface area contributed by atoms with Crippen molar-refractivity contribution in [2.45, 2.75) is 23.8 Å². The van der Waals surface area contributed by atoms with Crippen LogP contribution in [0.15, 0.2) is 59.8 Å². The fraction of sp³-hybridized carbons (Fsp3) is 0.250. The summed E-state index contributed by atoms with van der Waals surface area (Å²) in [6.45, 7) is 0.890. The Balaban J connectivity index is 1.61. The van der Waals surface area contributed by atoms with Crippen molar-refractivity contribution < 1.29 is 26.9 Å². The Hall–Kier alpha value is -3.21. The topological polar surface area (TPSA) is 109 Å². The second kappa shape index (κ2) is 10.2. The van der Waals surface area contributed by atoms with Crippen LogP contribution in [-0.2, 0) is 10.1 Å². The lowest BCUT2D eigenvalue weighted by molar-refractivity contribution is 0.0713. The van der Waals surface area contributed by atoms with E-state index in [1.807, 2.05) is 0 Å². The van der Waals surface area contributed by atoms with E-state index in [2.05, 4.69) is 10.3 Å². The number of amides is 1. The fourth-order valence-corrected chi connectivity index (χ4v) is 5.08. The van der Waals surface area contributed by atoms with Crippen molar-refractivity contribution in [2.24, 2.45) is 0 Å². The van der Waals surface area contributed by atoms with E-state index in [0.717, 1.165) is 11.8 Å². The number of hydrogen-bond donors (Lipinski definition) is 2. The van der Waals surface area contributed by atoms with Gasteiger partial charge in [0.2, 0.25) is 5.03 Å².